The lowest BCUT2D eigenvalue weighted by atomic mass is 10.0. The number of alkyl halides is 2. The molecule has 1 aromatic carbocycles. The Morgan fingerprint density at radius 1 is 1.40 bits per heavy atom. The lowest BCUT2D eigenvalue weighted by Crippen LogP contribution is -2.38. The number of likely N-dealkylation sites (N-methyl/N-ethyl adjacent to an activating group) is 1. The standard InChI is InChI=1S/C14H20F2N2OS/c1-18(11-6-7-20-9-11)13(8-17)10-2-4-12(5-3-10)19-14(15)16/h2-5,11,13-14H,6-9,17H2,1H3. The highest BCUT2D eigenvalue weighted by atomic mass is 32.2. The van der Waals surface area contributed by atoms with Gasteiger partial charge in [0.25, 0.3) is 0 Å². The third kappa shape index (κ3) is 3.84. The first-order valence-electron chi connectivity index (χ1n) is 6.66. The lowest BCUT2D eigenvalue weighted by Gasteiger charge is -2.32. The summed E-state index contributed by atoms with van der Waals surface area (Å²) in [5, 5.41) is 0. The van der Waals surface area contributed by atoms with Gasteiger partial charge in [0, 0.05) is 24.4 Å². The number of nitrogens with two attached hydrogens (primary N) is 1. The average Bonchev–Trinajstić information content (AvgIpc) is 2.94. The average molecular weight is 302 g/mol. The predicted octanol–water partition coefficient (Wildman–Crippen LogP) is 2.73. The highest BCUT2D eigenvalue weighted by molar-refractivity contribution is 7.99. The maximum atomic E-state index is 12.1. The number of ether oxygens (including phenoxy) is 1. The molecule has 1 heterocycles. The van der Waals surface area contributed by atoms with E-state index in [2.05, 4.69) is 16.7 Å². The number of nitrogens with zero attached hydrogens (tertiary/aromatic N) is 1. The predicted molar refractivity (Wildman–Crippen MR) is 78.4 cm³/mol. The fourth-order valence-corrected chi connectivity index (χ4v) is 3.79. The first-order chi connectivity index (χ1) is 9.61. The van der Waals surface area contributed by atoms with Crippen LogP contribution in [-0.4, -0.2) is 42.7 Å². The minimum absolute atomic E-state index is 0.110. The van der Waals surface area contributed by atoms with E-state index in [0.29, 0.717) is 12.6 Å². The summed E-state index contributed by atoms with van der Waals surface area (Å²) in [4.78, 5) is 2.29. The molecule has 0 amide bonds. The molecule has 112 valence electrons. The van der Waals surface area contributed by atoms with Gasteiger partial charge in [-0.1, -0.05) is 12.1 Å². The van der Waals surface area contributed by atoms with Crippen molar-refractivity contribution < 1.29 is 13.5 Å². The summed E-state index contributed by atoms with van der Waals surface area (Å²) in [6.07, 6.45) is 1.17. The highest BCUT2D eigenvalue weighted by Gasteiger charge is 2.26. The third-order valence-electron chi connectivity index (χ3n) is 3.69. The lowest BCUT2D eigenvalue weighted by molar-refractivity contribution is -0.0498. The van der Waals surface area contributed by atoms with E-state index in [0.717, 1.165) is 11.3 Å². The topological polar surface area (TPSA) is 38.5 Å². The molecule has 0 aliphatic carbocycles. The van der Waals surface area contributed by atoms with E-state index in [1.54, 1.807) is 12.1 Å². The highest BCUT2D eigenvalue weighted by Crippen LogP contribution is 2.29. The summed E-state index contributed by atoms with van der Waals surface area (Å²) >= 11 is 1.96. The fourth-order valence-electron chi connectivity index (χ4n) is 2.51. The smallest absolute Gasteiger partial charge is 0.387 e. The second-order valence-corrected chi connectivity index (χ2v) is 6.03. The number of hydrogen-bond acceptors (Lipinski definition) is 4. The second-order valence-electron chi connectivity index (χ2n) is 4.88. The Hall–Kier alpha value is -0.850. The van der Waals surface area contributed by atoms with E-state index in [9.17, 15) is 8.78 Å². The van der Waals surface area contributed by atoms with Crippen LogP contribution in [0.5, 0.6) is 5.75 Å². The van der Waals surface area contributed by atoms with Crippen LogP contribution in [0.4, 0.5) is 8.78 Å². The summed E-state index contributed by atoms with van der Waals surface area (Å²) < 4.78 is 28.6. The van der Waals surface area contributed by atoms with Crippen molar-refractivity contribution in [2.24, 2.45) is 5.73 Å². The summed E-state index contributed by atoms with van der Waals surface area (Å²) in [6, 6.07) is 7.41. The van der Waals surface area contributed by atoms with Crippen LogP contribution >= 0.6 is 11.8 Å². The van der Waals surface area contributed by atoms with Crippen molar-refractivity contribution >= 4 is 11.8 Å². The largest absolute Gasteiger partial charge is 0.435 e. The molecule has 0 aromatic heterocycles. The molecular formula is C14H20F2N2OS. The number of benzene rings is 1. The Bertz CT molecular complexity index is 410. The number of thioether (sulfide) groups is 1. The molecule has 3 nitrogen and oxygen atoms in total. The quantitative estimate of drug-likeness (QED) is 0.877. The van der Waals surface area contributed by atoms with Crippen molar-refractivity contribution in [3.05, 3.63) is 29.8 Å². The van der Waals surface area contributed by atoms with Crippen molar-refractivity contribution in [2.75, 3.05) is 25.1 Å². The van der Waals surface area contributed by atoms with Gasteiger partial charge in [-0.3, -0.25) is 4.90 Å². The van der Waals surface area contributed by atoms with E-state index in [4.69, 9.17) is 5.73 Å². The van der Waals surface area contributed by atoms with Crippen molar-refractivity contribution in [1.29, 1.82) is 0 Å². The van der Waals surface area contributed by atoms with Gasteiger partial charge in [-0.05, 0) is 36.9 Å². The molecule has 2 unspecified atom stereocenters. The van der Waals surface area contributed by atoms with Crippen LogP contribution < -0.4 is 10.5 Å². The number of rotatable bonds is 6. The molecule has 2 N–H and O–H groups in total. The minimum atomic E-state index is -2.79. The SMILES string of the molecule is CN(C1CCSC1)C(CN)c1ccc(OC(F)F)cc1. The number of halogens is 2. The molecule has 1 aliphatic heterocycles. The van der Waals surface area contributed by atoms with Crippen molar-refractivity contribution in [1.82, 2.24) is 4.90 Å². The van der Waals surface area contributed by atoms with Gasteiger partial charge in [0.15, 0.2) is 0 Å². The van der Waals surface area contributed by atoms with Gasteiger partial charge in [-0.25, -0.2) is 0 Å². The summed E-state index contributed by atoms with van der Waals surface area (Å²) in [6.45, 7) is -2.28. The van der Waals surface area contributed by atoms with Crippen molar-refractivity contribution in [3.8, 4) is 5.75 Å². The zero-order chi connectivity index (χ0) is 14.5. The Morgan fingerprint density at radius 3 is 2.60 bits per heavy atom. The summed E-state index contributed by atoms with van der Waals surface area (Å²) in [5.41, 5.74) is 6.93. The molecule has 1 aromatic rings. The molecule has 1 fully saturated rings. The fraction of sp³-hybridized carbons (Fsp3) is 0.571. The Morgan fingerprint density at radius 2 is 2.10 bits per heavy atom. The van der Waals surface area contributed by atoms with Crippen molar-refractivity contribution in [3.63, 3.8) is 0 Å². The van der Waals surface area contributed by atoms with Gasteiger partial charge in [0.2, 0.25) is 0 Å². The van der Waals surface area contributed by atoms with Crippen LogP contribution in [0.1, 0.15) is 18.0 Å². The van der Waals surface area contributed by atoms with E-state index in [1.807, 2.05) is 23.9 Å². The van der Waals surface area contributed by atoms with E-state index < -0.39 is 6.61 Å². The molecule has 6 heteroatoms. The molecular weight excluding hydrogens is 282 g/mol. The third-order valence-corrected chi connectivity index (χ3v) is 4.83. The molecule has 20 heavy (non-hydrogen) atoms. The van der Waals surface area contributed by atoms with Gasteiger partial charge in [0.05, 0.1) is 0 Å². The molecule has 0 spiro atoms. The molecule has 0 bridgehead atoms. The molecule has 1 saturated heterocycles. The zero-order valence-electron chi connectivity index (χ0n) is 11.5. The Labute approximate surface area is 122 Å². The van der Waals surface area contributed by atoms with Gasteiger partial charge in [-0.2, -0.15) is 20.5 Å². The first kappa shape index (κ1) is 15.5. The van der Waals surface area contributed by atoms with Crippen molar-refractivity contribution in [2.45, 2.75) is 25.1 Å². The van der Waals surface area contributed by atoms with Crippen LogP contribution in [0.25, 0.3) is 0 Å². The molecule has 1 aliphatic rings. The molecule has 0 radical (unpaired) electrons. The van der Waals surface area contributed by atoms with Crippen LogP contribution in [0, 0.1) is 0 Å². The second kappa shape index (κ2) is 7.24. The van der Waals surface area contributed by atoms with E-state index >= 15 is 0 Å². The van der Waals surface area contributed by atoms with Gasteiger partial charge in [0.1, 0.15) is 5.75 Å². The van der Waals surface area contributed by atoms with Crippen LogP contribution in [-0.2, 0) is 0 Å². The molecule has 0 saturated carbocycles. The van der Waals surface area contributed by atoms with E-state index in [-0.39, 0.29) is 11.8 Å². The maximum Gasteiger partial charge on any atom is 0.387 e. The van der Waals surface area contributed by atoms with E-state index in [1.165, 1.54) is 12.2 Å². The normalized spacial score (nSPS) is 20.6. The number of hydrogen-bond donors (Lipinski definition) is 1. The van der Waals surface area contributed by atoms with Gasteiger partial charge in [-0.15, -0.1) is 0 Å². The van der Waals surface area contributed by atoms with Gasteiger partial charge < -0.3 is 10.5 Å². The maximum absolute atomic E-state index is 12.1. The monoisotopic (exact) mass is 302 g/mol. The summed E-state index contributed by atoms with van der Waals surface area (Å²) in [7, 11) is 2.08. The van der Waals surface area contributed by atoms with Gasteiger partial charge >= 0.3 is 6.61 Å². The Kier molecular flexibility index (Phi) is 5.63. The first-order valence-corrected chi connectivity index (χ1v) is 7.81. The molecule has 2 rings (SSSR count). The van der Waals surface area contributed by atoms with Crippen LogP contribution in [0.3, 0.4) is 0 Å². The van der Waals surface area contributed by atoms with Crippen LogP contribution in [0.15, 0.2) is 24.3 Å². The Balaban J connectivity index is 2.06. The minimum Gasteiger partial charge on any atom is -0.435 e. The summed E-state index contributed by atoms with van der Waals surface area (Å²) in [5.74, 6) is 2.49. The zero-order valence-corrected chi connectivity index (χ0v) is 12.3. The molecule has 2 atom stereocenters. The van der Waals surface area contributed by atoms with Crippen LogP contribution in [0.2, 0.25) is 0 Å².